The lowest BCUT2D eigenvalue weighted by atomic mass is 9.97. The van der Waals surface area contributed by atoms with Crippen LogP contribution in [-0.4, -0.2) is 29.1 Å². The minimum Gasteiger partial charge on any atom is -0.307 e. The highest BCUT2D eigenvalue weighted by molar-refractivity contribution is 6.13. The summed E-state index contributed by atoms with van der Waals surface area (Å²) in [5, 5.41) is 15.0. The number of nitrogens with zero attached hydrogens (tertiary/aromatic N) is 8. The Hall–Kier alpha value is -7.94. The molecule has 0 aliphatic carbocycles. The SMILES string of the molecule is [C-]#[N+]c1cccc(-c2cc(-n3c4ccccc4c4cc(-c5ncccn5)ccc43)c(-n3c4ccccc4c4cc(-c5ncccn5)ccc43)cc2C#N)c1. The molecule has 0 atom stereocenters. The lowest BCUT2D eigenvalue weighted by Crippen LogP contribution is -2.05. The molecule has 54 heavy (non-hydrogen) atoms. The summed E-state index contributed by atoms with van der Waals surface area (Å²) in [6.07, 6.45) is 7.01. The fourth-order valence-corrected chi connectivity index (χ4v) is 7.65. The standard InChI is InChI=1S/C46H26N8/c1-48-33-10-6-9-29(23-33)36-27-44(54-40-14-5-3-12-35(40)38-25-31(16-18-42(38)54)46-51-21-8-22-52-46)43(26-32(36)28-47)53-39-13-4-2-11-34(39)37-24-30(15-17-41(37)53)45-49-19-7-20-50-45/h2-27H. The largest absolute Gasteiger partial charge is 0.307 e. The van der Waals surface area contributed by atoms with Crippen LogP contribution in [0.3, 0.4) is 0 Å². The van der Waals surface area contributed by atoms with Crippen LogP contribution in [0.5, 0.6) is 0 Å². The van der Waals surface area contributed by atoms with Crippen LogP contribution in [0.1, 0.15) is 5.56 Å². The fourth-order valence-electron chi connectivity index (χ4n) is 7.65. The Bertz CT molecular complexity index is 3180. The van der Waals surface area contributed by atoms with Crippen molar-refractivity contribution in [2.45, 2.75) is 0 Å². The Morgan fingerprint density at radius 3 is 1.54 bits per heavy atom. The molecule has 0 N–H and O–H groups in total. The number of aromatic nitrogens is 6. The third-order valence-corrected chi connectivity index (χ3v) is 10.00. The van der Waals surface area contributed by atoms with Gasteiger partial charge < -0.3 is 9.13 Å². The molecule has 8 heteroatoms. The molecule has 4 aromatic heterocycles. The van der Waals surface area contributed by atoms with E-state index in [1.807, 2.05) is 48.5 Å². The Labute approximate surface area is 309 Å². The third-order valence-electron chi connectivity index (χ3n) is 10.00. The van der Waals surface area contributed by atoms with E-state index in [1.54, 1.807) is 30.9 Å². The smallest absolute Gasteiger partial charge is 0.187 e. The van der Waals surface area contributed by atoms with Gasteiger partial charge in [0.2, 0.25) is 0 Å². The average Bonchev–Trinajstić information content (AvgIpc) is 3.76. The van der Waals surface area contributed by atoms with E-state index in [-0.39, 0.29) is 0 Å². The van der Waals surface area contributed by atoms with Crippen LogP contribution < -0.4 is 0 Å². The molecular weight excluding hydrogens is 665 g/mol. The maximum Gasteiger partial charge on any atom is 0.187 e. The molecule has 250 valence electrons. The average molecular weight is 691 g/mol. The van der Waals surface area contributed by atoms with E-state index in [2.05, 4.69) is 119 Å². The van der Waals surface area contributed by atoms with Gasteiger partial charge in [0.05, 0.1) is 51.6 Å². The summed E-state index contributed by atoms with van der Waals surface area (Å²) in [6.45, 7) is 7.71. The molecule has 0 saturated heterocycles. The molecule has 0 bridgehead atoms. The number of hydrogen-bond acceptors (Lipinski definition) is 5. The van der Waals surface area contributed by atoms with Crippen LogP contribution in [-0.2, 0) is 0 Å². The minimum absolute atomic E-state index is 0.500. The van der Waals surface area contributed by atoms with Gasteiger partial charge in [0.1, 0.15) is 0 Å². The lowest BCUT2D eigenvalue weighted by Gasteiger charge is -2.19. The number of rotatable bonds is 5. The van der Waals surface area contributed by atoms with Gasteiger partial charge in [-0.3, -0.25) is 0 Å². The summed E-state index contributed by atoms with van der Waals surface area (Å²) in [5.41, 5.74) is 10.1. The summed E-state index contributed by atoms with van der Waals surface area (Å²) < 4.78 is 4.54. The van der Waals surface area contributed by atoms with Crippen molar-refractivity contribution in [3.8, 4) is 51.3 Å². The van der Waals surface area contributed by atoms with Crippen molar-refractivity contribution in [3.05, 3.63) is 175 Å². The molecule has 0 unspecified atom stereocenters. The van der Waals surface area contributed by atoms with Crippen LogP contribution in [0.2, 0.25) is 0 Å². The van der Waals surface area contributed by atoms with Crippen molar-refractivity contribution < 1.29 is 0 Å². The van der Waals surface area contributed by atoms with Crippen LogP contribution >= 0.6 is 0 Å². The van der Waals surface area contributed by atoms with Crippen LogP contribution in [0.4, 0.5) is 5.69 Å². The molecule has 0 aliphatic heterocycles. The van der Waals surface area contributed by atoms with Crippen LogP contribution in [0.25, 0.3) is 93.7 Å². The topological polar surface area (TPSA) is 89.6 Å². The molecular formula is C46H26N8. The van der Waals surface area contributed by atoms with E-state index in [0.29, 0.717) is 22.9 Å². The monoisotopic (exact) mass is 690 g/mol. The molecule has 0 spiro atoms. The van der Waals surface area contributed by atoms with Gasteiger partial charge in [-0.25, -0.2) is 24.8 Å². The van der Waals surface area contributed by atoms with Gasteiger partial charge in [-0.1, -0.05) is 54.6 Å². The maximum atomic E-state index is 10.8. The fraction of sp³-hybridized carbons (Fsp3) is 0. The van der Waals surface area contributed by atoms with E-state index >= 15 is 0 Å². The molecule has 0 fully saturated rings. The highest BCUT2D eigenvalue weighted by atomic mass is 15.1. The Balaban J connectivity index is 1.33. The van der Waals surface area contributed by atoms with E-state index in [1.165, 1.54) is 0 Å². The third kappa shape index (κ3) is 4.83. The Morgan fingerprint density at radius 2 is 1.00 bits per heavy atom. The van der Waals surface area contributed by atoms with E-state index < -0.39 is 0 Å². The van der Waals surface area contributed by atoms with Gasteiger partial charge in [0.15, 0.2) is 17.3 Å². The predicted octanol–water partition coefficient (Wildman–Crippen LogP) is 10.9. The zero-order chi connectivity index (χ0) is 36.2. The molecule has 0 aliphatic rings. The van der Waals surface area contributed by atoms with Crippen molar-refractivity contribution in [1.82, 2.24) is 29.1 Å². The molecule has 10 aromatic rings. The van der Waals surface area contributed by atoms with Gasteiger partial charge >= 0.3 is 0 Å². The molecule has 8 nitrogen and oxygen atoms in total. The number of nitriles is 1. The highest BCUT2D eigenvalue weighted by Crippen LogP contribution is 2.42. The second-order valence-electron chi connectivity index (χ2n) is 13.0. The lowest BCUT2D eigenvalue weighted by molar-refractivity contribution is 1.09. The van der Waals surface area contributed by atoms with E-state index in [9.17, 15) is 5.26 Å². The summed E-state index contributed by atoms with van der Waals surface area (Å²) in [6, 6.07) is 47.0. The number of fused-ring (bicyclic) bond motifs is 6. The highest BCUT2D eigenvalue weighted by Gasteiger charge is 2.23. The van der Waals surface area contributed by atoms with Crippen LogP contribution in [0, 0.1) is 17.9 Å². The van der Waals surface area contributed by atoms with Gasteiger partial charge in [0.25, 0.3) is 0 Å². The summed E-state index contributed by atoms with van der Waals surface area (Å²) in [5.74, 6) is 1.31. The van der Waals surface area contributed by atoms with Gasteiger partial charge in [-0.15, -0.1) is 0 Å². The van der Waals surface area contributed by atoms with E-state index in [4.69, 9.17) is 6.57 Å². The van der Waals surface area contributed by atoms with Crippen LogP contribution in [0.15, 0.2) is 158 Å². The van der Waals surface area contributed by atoms with Gasteiger partial charge in [-0.05, 0) is 84.4 Å². The maximum absolute atomic E-state index is 10.8. The Kier molecular flexibility index (Phi) is 7.07. The second-order valence-corrected chi connectivity index (χ2v) is 13.0. The number of para-hydroxylation sites is 2. The van der Waals surface area contributed by atoms with Crippen molar-refractivity contribution >= 4 is 49.3 Å². The first-order valence-electron chi connectivity index (χ1n) is 17.4. The summed E-state index contributed by atoms with van der Waals surface area (Å²) in [7, 11) is 0. The van der Waals surface area contributed by atoms with Crippen molar-refractivity contribution in [2.75, 3.05) is 0 Å². The number of hydrogen-bond donors (Lipinski definition) is 0. The van der Waals surface area contributed by atoms with Crippen molar-refractivity contribution in [2.24, 2.45) is 0 Å². The summed E-state index contributed by atoms with van der Waals surface area (Å²) in [4.78, 5) is 21.8. The first-order chi connectivity index (χ1) is 26.7. The zero-order valence-corrected chi connectivity index (χ0v) is 28.6. The summed E-state index contributed by atoms with van der Waals surface area (Å²) >= 11 is 0. The molecule has 6 aromatic carbocycles. The molecule has 0 saturated carbocycles. The minimum atomic E-state index is 0.500. The molecule has 4 heterocycles. The quantitative estimate of drug-likeness (QED) is 0.168. The molecule has 0 radical (unpaired) electrons. The van der Waals surface area contributed by atoms with E-state index in [0.717, 1.165) is 77.2 Å². The van der Waals surface area contributed by atoms with Crippen molar-refractivity contribution in [3.63, 3.8) is 0 Å². The normalized spacial score (nSPS) is 11.3. The predicted molar refractivity (Wildman–Crippen MR) is 214 cm³/mol. The zero-order valence-electron chi connectivity index (χ0n) is 28.6. The second kappa shape index (κ2) is 12.4. The first-order valence-corrected chi connectivity index (χ1v) is 17.4. The van der Waals surface area contributed by atoms with Gasteiger partial charge in [-0.2, -0.15) is 5.26 Å². The van der Waals surface area contributed by atoms with Gasteiger partial charge in [0, 0.05) is 63.0 Å². The Morgan fingerprint density at radius 1 is 0.481 bits per heavy atom. The first kappa shape index (κ1) is 30.8. The molecule has 0 amide bonds. The van der Waals surface area contributed by atoms with Crippen molar-refractivity contribution in [1.29, 1.82) is 5.26 Å². The number of benzene rings is 6. The molecule has 10 rings (SSSR count).